The summed E-state index contributed by atoms with van der Waals surface area (Å²) < 4.78 is 31.0. The third kappa shape index (κ3) is 2.64. The predicted octanol–water partition coefficient (Wildman–Crippen LogP) is 3.56. The Labute approximate surface area is 122 Å². The standard InChI is InChI=1S/C16H11FO3S/c17-13-6-2-4-8-16(13)21(19)10-14(18)12-9-20-15-7-3-1-5-11(12)15/h1-9H,10H2. The Kier molecular flexibility index (Phi) is 3.66. The van der Waals surface area contributed by atoms with Gasteiger partial charge in [-0.05, 0) is 18.2 Å². The molecule has 106 valence electrons. The highest BCUT2D eigenvalue weighted by molar-refractivity contribution is 7.85. The molecule has 1 aromatic heterocycles. The van der Waals surface area contributed by atoms with Gasteiger partial charge in [-0.25, -0.2) is 4.39 Å². The maximum absolute atomic E-state index is 13.6. The van der Waals surface area contributed by atoms with E-state index in [1.807, 2.05) is 0 Å². The van der Waals surface area contributed by atoms with Crippen LogP contribution in [0.15, 0.2) is 64.1 Å². The Morgan fingerprint density at radius 3 is 2.62 bits per heavy atom. The van der Waals surface area contributed by atoms with Crippen molar-refractivity contribution in [3.63, 3.8) is 0 Å². The van der Waals surface area contributed by atoms with Crippen molar-refractivity contribution in [3.8, 4) is 0 Å². The normalized spacial score (nSPS) is 12.4. The van der Waals surface area contributed by atoms with Crippen molar-refractivity contribution in [1.82, 2.24) is 0 Å². The molecule has 2 aromatic carbocycles. The maximum atomic E-state index is 13.6. The van der Waals surface area contributed by atoms with Gasteiger partial charge in [-0.2, -0.15) is 0 Å². The van der Waals surface area contributed by atoms with Gasteiger partial charge in [0.2, 0.25) is 0 Å². The van der Waals surface area contributed by atoms with Crippen LogP contribution in [0.5, 0.6) is 0 Å². The fourth-order valence-corrected chi connectivity index (χ4v) is 3.16. The maximum Gasteiger partial charge on any atom is 0.179 e. The molecule has 1 unspecified atom stereocenters. The molecular formula is C16H11FO3S. The summed E-state index contributed by atoms with van der Waals surface area (Å²) >= 11 is 0. The molecule has 0 bridgehead atoms. The Hall–Kier alpha value is -2.27. The molecule has 0 spiro atoms. The third-order valence-corrected chi connectivity index (χ3v) is 4.47. The highest BCUT2D eigenvalue weighted by Gasteiger charge is 2.18. The van der Waals surface area contributed by atoms with Gasteiger partial charge in [0, 0.05) is 5.39 Å². The van der Waals surface area contributed by atoms with Gasteiger partial charge >= 0.3 is 0 Å². The zero-order valence-electron chi connectivity index (χ0n) is 10.9. The zero-order chi connectivity index (χ0) is 14.8. The average molecular weight is 302 g/mol. The van der Waals surface area contributed by atoms with Gasteiger partial charge in [0.1, 0.15) is 17.7 Å². The summed E-state index contributed by atoms with van der Waals surface area (Å²) in [5, 5.41) is 0.674. The molecule has 3 rings (SSSR count). The highest BCUT2D eigenvalue weighted by atomic mass is 32.2. The Morgan fingerprint density at radius 2 is 1.81 bits per heavy atom. The molecule has 0 saturated heterocycles. The van der Waals surface area contributed by atoms with Crippen LogP contribution < -0.4 is 0 Å². The van der Waals surface area contributed by atoms with Crippen molar-refractivity contribution in [3.05, 3.63) is 66.2 Å². The van der Waals surface area contributed by atoms with Crippen LogP contribution in [0.2, 0.25) is 0 Å². The number of para-hydroxylation sites is 1. The molecular weight excluding hydrogens is 291 g/mol. The van der Waals surface area contributed by atoms with Crippen LogP contribution in [0.3, 0.4) is 0 Å². The van der Waals surface area contributed by atoms with Crippen LogP contribution in [0, 0.1) is 5.82 Å². The van der Waals surface area contributed by atoms with E-state index in [0.717, 1.165) is 0 Å². The molecule has 5 heteroatoms. The lowest BCUT2D eigenvalue weighted by Crippen LogP contribution is -2.11. The monoisotopic (exact) mass is 302 g/mol. The summed E-state index contributed by atoms with van der Waals surface area (Å²) in [5.41, 5.74) is 0.966. The lowest BCUT2D eigenvalue weighted by atomic mass is 10.1. The molecule has 0 aliphatic rings. The number of halogens is 1. The van der Waals surface area contributed by atoms with Crippen molar-refractivity contribution in [2.75, 3.05) is 5.75 Å². The molecule has 1 atom stereocenters. The van der Waals surface area contributed by atoms with E-state index in [2.05, 4.69) is 0 Å². The second-order valence-corrected chi connectivity index (χ2v) is 5.91. The lowest BCUT2D eigenvalue weighted by Gasteiger charge is -2.02. The summed E-state index contributed by atoms with van der Waals surface area (Å²) in [4.78, 5) is 12.3. The number of furan rings is 1. The summed E-state index contributed by atoms with van der Waals surface area (Å²) in [5.74, 6) is -1.17. The molecule has 3 nitrogen and oxygen atoms in total. The first-order valence-corrected chi connectivity index (χ1v) is 7.61. The van der Waals surface area contributed by atoms with E-state index in [-0.39, 0.29) is 16.4 Å². The number of hydrogen-bond acceptors (Lipinski definition) is 3. The van der Waals surface area contributed by atoms with Crippen LogP contribution >= 0.6 is 0 Å². The van der Waals surface area contributed by atoms with Gasteiger partial charge in [0.15, 0.2) is 5.78 Å². The molecule has 3 aromatic rings. The van der Waals surface area contributed by atoms with Crippen molar-refractivity contribution < 1.29 is 17.8 Å². The topological polar surface area (TPSA) is 47.3 Å². The molecule has 0 radical (unpaired) electrons. The van der Waals surface area contributed by atoms with E-state index < -0.39 is 16.6 Å². The van der Waals surface area contributed by atoms with Gasteiger partial charge in [0.25, 0.3) is 0 Å². The van der Waals surface area contributed by atoms with Crippen molar-refractivity contribution in [2.24, 2.45) is 0 Å². The number of hydrogen-bond donors (Lipinski definition) is 0. The van der Waals surface area contributed by atoms with Crippen molar-refractivity contribution >= 4 is 27.6 Å². The predicted molar refractivity (Wildman–Crippen MR) is 78.2 cm³/mol. The fraction of sp³-hybridized carbons (Fsp3) is 0.0625. The molecule has 1 heterocycles. The zero-order valence-corrected chi connectivity index (χ0v) is 11.7. The van der Waals surface area contributed by atoms with E-state index in [4.69, 9.17) is 4.42 Å². The Balaban J connectivity index is 1.87. The number of Topliss-reactive ketones (excluding diaryl/α,β-unsaturated/α-hetero) is 1. The van der Waals surface area contributed by atoms with Crippen LogP contribution in [-0.4, -0.2) is 15.7 Å². The van der Waals surface area contributed by atoms with Gasteiger partial charge in [-0.3, -0.25) is 9.00 Å². The van der Waals surface area contributed by atoms with Crippen LogP contribution in [0.25, 0.3) is 11.0 Å². The molecule has 0 aliphatic carbocycles. The van der Waals surface area contributed by atoms with Gasteiger partial charge in [-0.1, -0.05) is 30.3 Å². The van der Waals surface area contributed by atoms with E-state index in [1.165, 1.54) is 24.5 Å². The number of rotatable bonds is 4. The smallest absolute Gasteiger partial charge is 0.179 e. The average Bonchev–Trinajstić information content (AvgIpc) is 2.91. The fourth-order valence-electron chi connectivity index (χ4n) is 2.10. The van der Waals surface area contributed by atoms with Crippen molar-refractivity contribution in [2.45, 2.75) is 4.90 Å². The SMILES string of the molecule is O=C(CS(=O)c1ccccc1F)c1coc2ccccc12. The minimum Gasteiger partial charge on any atom is -0.464 e. The van der Waals surface area contributed by atoms with E-state index in [9.17, 15) is 13.4 Å². The highest BCUT2D eigenvalue weighted by Crippen LogP contribution is 2.22. The molecule has 21 heavy (non-hydrogen) atoms. The Morgan fingerprint density at radius 1 is 1.10 bits per heavy atom. The molecule has 0 amide bonds. The van der Waals surface area contributed by atoms with Crippen LogP contribution in [0.1, 0.15) is 10.4 Å². The first-order chi connectivity index (χ1) is 10.2. The number of carbonyl (C=O) groups excluding carboxylic acids is 1. The largest absolute Gasteiger partial charge is 0.464 e. The van der Waals surface area contributed by atoms with Gasteiger partial charge in [0.05, 0.1) is 27.0 Å². The van der Waals surface area contributed by atoms with Crippen LogP contribution in [0.4, 0.5) is 4.39 Å². The van der Waals surface area contributed by atoms with E-state index >= 15 is 0 Å². The number of fused-ring (bicyclic) bond motifs is 1. The van der Waals surface area contributed by atoms with Crippen LogP contribution in [-0.2, 0) is 10.8 Å². The quantitative estimate of drug-likeness (QED) is 0.692. The minimum absolute atomic E-state index is 0.0404. The summed E-state index contributed by atoms with van der Waals surface area (Å²) in [7, 11) is -1.72. The molecule has 0 N–H and O–H groups in total. The number of benzene rings is 2. The molecule has 0 aliphatic heterocycles. The van der Waals surface area contributed by atoms with E-state index in [1.54, 1.807) is 30.3 Å². The molecule has 0 fully saturated rings. The Bertz CT molecular complexity index is 838. The second kappa shape index (κ2) is 5.61. The van der Waals surface area contributed by atoms with Gasteiger partial charge in [-0.15, -0.1) is 0 Å². The summed E-state index contributed by atoms with van der Waals surface area (Å²) in [6, 6.07) is 12.9. The number of carbonyl (C=O) groups is 1. The first kappa shape index (κ1) is 13.7. The third-order valence-electron chi connectivity index (χ3n) is 3.13. The second-order valence-electron chi connectivity index (χ2n) is 4.49. The minimum atomic E-state index is -1.72. The lowest BCUT2D eigenvalue weighted by molar-refractivity contribution is 0.102. The molecule has 0 saturated carbocycles. The summed E-state index contributed by atoms with van der Waals surface area (Å²) in [6.45, 7) is 0. The first-order valence-electron chi connectivity index (χ1n) is 6.29. The number of ketones is 1. The van der Waals surface area contributed by atoms with Gasteiger partial charge < -0.3 is 4.42 Å². The van der Waals surface area contributed by atoms with Crippen molar-refractivity contribution in [1.29, 1.82) is 0 Å². The van der Waals surface area contributed by atoms with E-state index in [0.29, 0.717) is 16.5 Å². The summed E-state index contributed by atoms with van der Waals surface area (Å²) in [6.07, 6.45) is 1.35.